The van der Waals surface area contributed by atoms with Gasteiger partial charge in [0.2, 0.25) is 0 Å². The van der Waals surface area contributed by atoms with Gasteiger partial charge in [-0.25, -0.2) is 4.98 Å². The number of thiophene rings is 1. The second-order valence-electron chi connectivity index (χ2n) is 10.5. The van der Waals surface area contributed by atoms with E-state index < -0.39 is 0 Å². The molecule has 0 fully saturated rings. The number of fused-ring (bicyclic) bond motifs is 10. The Kier molecular flexibility index (Phi) is 4.52. The topological polar surface area (TPSA) is 17.3 Å². The molecule has 3 heteroatoms. The summed E-state index contributed by atoms with van der Waals surface area (Å²) in [6.45, 7) is 0. The fourth-order valence-corrected chi connectivity index (χ4v) is 7.56. The van der Waals surface area contributed by atoms with E-state index in [1.165, 1.54) is 74.9 Å². The predicted octanol–water partition coefficient (Wildman–Crippen LogP) is 10.5. The zero-order valence-electron chi connectivity index (χ0n) is 21.5. The van der Waals surface area contributed by atoms with Crippen molar-refractivity contribution in [2.45, 2.75) is 0 Å². The van der Waals surface area contributed by atoms with Crippen LogP contribution in [0.3, 0.4) is 0 Å². The molecule has 0 aliphatic carbocycles. The number of benzene rings is 6. The molecule has 2 nitrogen and oxygen atoms in total. The van der Waals surface area contributed by atoms with Crippen LogP contribution in [0.5, 0.6) is 0 Å². The molecule has 0 amide bonds. The Morgan fingerprint density at radius 3 is 2.17 bits per heavy atom. The molecule has 0 N–H and O–H groups in total. The fourth-order valence-electron chi connectivity index (χ4n) is 6.32. The molecular formula is C37H22N2S. The first-order valence-electron chi connectivity index (χ1n) is 13.5. The molecule has 3 heterocycles. The van der Waals surface area contributed by atoms with Crippen LogP contribution in [-0.2, 0) is 0 Å². The van der Waals surface area contributed by atoms with Crippen molar-refractivity contribution in [2.24, 2.45) is 0 Å². The SMILES string of the molecule is c1ccc2c(c1)sc1c(-c3ccc4ccc(-c5ccc6c(c5)c5ccccc5c5nccn65)cc4c3)cccc12. The van der Waals surface area contributed by atoms with Crippen molar-refractivity contribution in [3.8, 4) is 22.3 Å². The van der Waals surface area contributed by atoms with E-state index in [-0.39, 0.29) is 0 Å². The van der Waals surface area contributed by atoms with Crippen LogP contribution in [0, 0.1) is 0 Å². The van der Waals surface area contributed by atoms with Gasteiger partial charge in [-0.2, -0.15) is 0 Å². The van der Waals surface area contributed by atoms with E-state index in [1.807, 2.05) is 17.5 Å². The maximum atomic E-state index is 4.64. The third kappa shape index (κ3) is 3.13. The Morgan fingerprint density at radius 1 is 0.525 bits per heavy atom. The van der Waals surface area contributed by atoms with Gasteiger partial charge in [-0.15, -0.1) is 11.3 Å². The highest BCUT2D eigenvalue weighted by Gasteiger charge is 2.12. The highest BCUT2D eigenvalue weighted by atomic mass is 32.1. The van der Waals surface area contributed by atoms with Gasteiger partial charge in [0.15, 0.2) is 0 Å². The largest absolute Gasteiger partial charge is 0.299 e. The molecule has 9 aromatic rings. The number of pyridine rings is 1. The van der Waals surface area contributed by atoms with Crippen molar-refractivity contribution in [1.29, 1.82) is 0 Å². The van der Waals surface area contributed by atoms with Crippen molar-refractivity contribution >= 4 is 69.6 Å². The van der Waals surface area contributed by atoms with E-state index in [0.717, 1.165) is 5.65 Å². The molecule has 0 spiro atoms. The number of imidazole rings is 1. The summed E-state index contributed by atoms with van der Waals surface area (Å²) in [6.07, 6.45) is 3.94. The van der Waals surface area contributed by atoms with Gasteiger partial charge in [0.1, 0.15) is 5.65 Å². The van der Waals surface area contributed by atoms with Gasteiger partial charge in [0, 0.05) is 43.3 Å². The summed E-state index contributed by atoms with van der Waals surface area (Å²) in [7, 11) is 0. The first kappa shape index (κ1) is 21.9. The quantitative estimate of drug-likeness (QED) is 0.205. The van der Waals surface area contributed by atoms with E-state index in [9.17, 15) is 0 Å². The third-order valence-electron chi connectivity index (χ3n) is 8.24. The van der Waals surface area contributed by atoms with Crippen LogP contribution in [0.1, 0.15) is 0 Å². The Hall–Kier alpha value is -4.99. The van der Waals surface area contributed by atoms with Crippen LogP contribution in [0.2, 0.25) is 0 Å². The molecule has 9 rings (SSSR count). The molecule has 0 saturated heterocycles. The molecule has 40 heavy (non-hydrogen) atoms. The van der Waals surface area contributed by atoms with Gasteiger partial charge in [0.25, 0.3) is 0 Å². The minimum absolute atomic E-state index is 1.00. The highest BCUT2D eigenvalue weighted by Crippen LogP contribution is 2.41. The molecule has 0 saturated carbocycles. The molecule has 0 unspecified atom stereocenters. The molecule has 6 aromatic carbocycles. The normalized spacial score (nSPS) is 12.0. The van der Waals surface area contributed by atoms with Gasteiger partial charge in [-0.1, -0.05) is 91.0 Å². The van der Waals surface area contributed by atoms with E-state index in [2.05, 4.69) is 137 Å². The lowest BCUT2D eigenvalue weighted by atomic mass is 9.95. The summed E-state index contributed by atoms with van der Waals surface area (Å²) in [4.78, 5) is 4.64. The lowest BCUT2D eigenvalue weighted by Crippen LogP contribution is -1.91. The summed E-state index contributed by atoms with van der Waals surface area (Å²) < 4.78 is 4.89. The maximum Gasteiger partial charge on any atom is 0.145 e. The molecular weight excluding hydrogens is 504 g/mol. The molecule has 0 atom stereocenters. The zero-order chi connectivity index (χ0) is 26.2. The van der Waals surface area contributed by atoms with Gasteiger partial charge in [-0.05, 0) is 68.7 Å². The standard InChI is InChI=1S/C37H22N2S/c1-2-8-32-29(6-1)33-22-25(16-17-34(33)39-19-18-38-37(32)39)24-14-12-23-13-15-26(21-27(23)20-24)28-9-5-10-31-30-7-3-4-11-35(30)40-36(28)31/h1-22H. The van der Waals surface area contributed by atoms with Crippen LogP contribution >= 0.6 is 11.3 Å². The van der Waals surface area contributed by atoms with Gasteiger partial charge in [0.05, 0.1) is 5.52 Å². The number of rotatable bonds is 2. The van der Waals surface area contributed by atoms with E-state index in [0.29, 0.717) is 0 Å². The minimum Gasteiger partial charge on any atom is -0.299 e. The van der Waals surface area contributed by atoms with Gasteiger partial charge < -0.3 is 0 Å². The smallest absolute Gasteiger partial charge is 0.145 e. The summed E-state index contributed by atoms with van der Waals surface area (Å²) in [5.41, 5.74) is 7.18. The molecule has 3 aromatic heterocycles. The van der Waals surface area contributed by atoms with Crippen molar-refractivity contribution in [3.63, 3.8) is 0 Å². The Labute approximate surface area is 234 Å². The summed E-state index contributed by atoms with van der Waals surface area (Å²) >= 11 is 1.89. The molecule has 0 radical (unpaired) electrons. The summed E-state index contributed by atoms with van der Waals surface area (Å²) in [5.74, 6) is 0. The van der Waals surface area contributed by atoms with Crippen LogP contribution in [0.4, 0.5) is 0 Å². The van der Waals surface area contributed by atoms with E-state index in [4.69, 9.17) is 0 Å². The first-order valence-corrected chi connectivity index (χ1v) is 14.4. The molecule has 0 aliphatic rings. The van der Waals surface area contributed by atoms with Crippen LogP contribution in [0.15, 0.2) is 134 Å². The number of aromatic nitrogens is 2. The van der Waals surface area contributed by atoms with Crippen molar-refractivity contribution in [1.82, 2.24) is 9.38 Å². The van der Waals surface area contributed by atoms with Crippen LogP contribution in [-0.4, -0.2) is 9.38 Å². The molecule has 0 aliphatic heterocycles. The summed E-state index contributed by atoms with van der Waals surface area (Å²) in [5, 5.41) is 8.83. The monoisotopic (exact) mass is 526 g/mol. The molecule has 186 valence electrons. The zero-order valence-corrected chi connectivity index (χ0v) is 22.3. The van der Waals surface area contributed by atoms with Crippen LogP contribution < -0.4 is 0 Å². The van der Waals surface area contributed by atoms with Crippen molar-refractivity contribution in [3.05, 3.63) is 134 Å². The number of hydrogen-bond acceptors (Lipinski definition) is 2. The lowest BCUT2D eigenvalue weighted by Gasteiger charge is -2.11. The second-order valence-corrected chi connectivity index (χ2v) is 11.5. The average Bonchev–Trinajstić information content (AvgIpc) is 3.66. The Morgan fingerprint density at radius 2 is 1.25 bits per heavy atom. The Bertz CT molecular complexity index is 2440. The molecule has 0 bridgehead atoms. The fraction of sp³-hybridized carbons (Fsp3) is 0. The Balaban J connectivity index is 1.22. The summed E-state index contributed by atoms with van der Waals surface area (Å²) in [6, 6.07) is 44.5. The maximum absolute atomic E-state index is 4.64. The second kappa shape index (κ2) is 8.25. The third-order valence-corrected chi connectivity index (χ3v) is 9.46. The average molecular weight is 527 g/mol. The lowest BCUT2D eigenvalue weighted by molar-refractivity contribution is 1.27. The van der Waals surface area contributed by atoms with Crippen LogP contribution in [0.25, 0.3) is 80.5 Å². The predicted molar refractivity (Wildman–Crippen MR) is 171 cm³/mol. The van der Waals surface area contributed by atoms with E-state index >= 15 is 0 Å². The van der Waals surface area contributed by atoms with Gasteiger partial charge in [-0.3, -0.25) is 4.40 Å². The van der Waals surface area contributed by atoms with Crippen molar-refractivity contribution in [2.75, 3.05) is 0 Å². The number of nitrogens with zero attached hydrogens (tertiary/aromatic N) is 2. The van der Waals surface area contributed by atoms with Crippen molar-refractivity contribution < 1.29 is 0 Å². The first-order chi connectivity index (χ1) is 19.8. The van der Waals surface area contributed by atoms with E-state index in [1.54, 1.807) is 0 Å². The van der Waals surface area contributed by atoms with Gasteiger partial charge >= 0.3 is 0 Å². The highest BCUT2D eigenvalue weighted by molar-refractivity contribution is 7.26. The number of hydrogen-bond donors (Lipinski definition) is 0. The minimum atomic E-state index is 1.00.